The van der Waals surface area contributed by atoms with Gasteiger partial charge in [0.25, 0.3) is 0 Å². The minimum Gasteiger partial charge on any atom is -0.393 e. The quantitative estimate of drug-likeness (QED) is 0.578. The number of nitrogens with zero attached hydrogens (tertiary/aromatic N) is 2. The summed E-state index contributed by atoms with van der Waals surface area (Å²) in [5.41, 5.74) is 0. The summed E-state index contributed by atoms with van der Waals surface area (Å²) in [6.45, 7) is 3.72. The lowest BCUT2D eigenvalue weighted by molar-refractivity contribution is -1.23. The fourth-order valence-corrected chi connectivity index (χ4v) is 2.58. The number of quaternary nitrogens is 2. The van der Waals surface area contributed by atoms with Crippen molar-refractivity contribution in [2.24, 2.45) is 0 Å². The van der Waals surface area contributed by atoms with Gasteiger partial charge in [-0.15, -0.1) is 0 Å². The first-order valence-electron chi connectivity index (χ1n) is 4.73. The SMILES string of the molecule is C[C@H]1[N+]2(C)C=C[N+]1(CC(O)CO)C2. The Kier molecular flexibility index (Phi) is 1.79. The molecule has 0 aromatic rings. The molecular weight excluding hydrogens is 168 g/mol. The first-order chi connectivity index (χ1) is 6.02. The van der Waals surface area contributed by atoms with Gasteiger partial charge in [-0.1, -0.05) is 0 Å². The van der Waals surface area contributed by atoms with Gasteiger partial charge in [0.05, 0.1) is 13.7 Å². The molecule has 3 aliphatic rings. The number of hydrogen-bond acceptors (Lipinski definition) is 2. The summed E-state index contributed by atoms with van der Waals surface area (Å²) in [5, 5.41) is 18.2. The maximum absolute atomic E-state index is 9.40. The molecule has 4 atom stereocenters. The van der Waals surface area contributed by atoms with Gasteiger partial charge in [0.2, 0.25) is 12.8 Å². The van der Waals surface area contributed by atoms with Crippen LogP contribution in [0.4, 0.5) is 0 Å². The second-order valence-corrected chi connectivity index (χ2v) is 4.54. The van der Waals surface area contributed by atoms with Crippen LogP contribution in [-0.2, 0) is 0 Å². The van der Waals surface area contributed by atoms with Gasteiger partial charge in [0.15, 0.2) is 12.4 Å². The minimum absolute atomic E-state index is 0.135. The standard InChI is InChI=1S/C9H18N2O2/c1-8-10(2)3-4-11(8,7-10)5-9(13)6-12/h3-4,8-9,12-13H,5-7H2,1-2H3/q+2/t8-,9?,10?,11?/m0/s1. The Bertz CT molecular complexity index is 256. The molecule has 1 fully saturated rings. The van der Waals surface area contributed by atoms with Crippen LogP contribution in [0.2, 0.25) is 0 Å². The van der Waals surface area contributed by atoms with E-state index < -0.39 is 6.10 Å². The molecular formula is C9H18N2O2+2. The maximum atomic E-state index is 9.40. The molecule has 3 unspecified atom stereocenters. The van der Waals surface area contributed by atoms with Crippen molar-refractivity contribution in [3.8, 4) is 0 Å². The van der Waals surface area contributed by atoms with Crippen LogP contribution in [0.1, 0.15) is 6.92 Å². The van der Waals surface area contributed by atoms with E-state index in [-0.39, 0.29) is 6.61 Å². The van der Waals surface area contributed by atoms with Crippen molar-refractivity contribution in [1.29, 1.82) is 0 Å². The predicted octanol–water partition coefficient (Wildman–Crippen LogP) is -0.595. The number of hydrogen-bond donors (Lipinski definition) is 2. The third kappa shape index (κ3) is 1.07. The summed E-state index contributed by atoms with van der Waals surface area (Å²) < 4.78 is 1.80. The predicted molar refractivity (Wildman–Crippen MR) is 47.9 cm³/mol. The van der Waals surface area contributed by atoms with E-state index in [9.17, 15) is 5.11 Å². The van der Waals surface area contributed by atoms with Crippen LogP contribution < -0.4 is 0 Å². The molecule has 1 saturated heterocycles. The van der Waals surface area contributed by atoms with Crippen molar-refractivity contribution in [2.75, 3.05) is 26.9 Å². The Morgan fingerprint density at radius 3 is 2.62 bits per heavy atom. The second kappa shape index (κ2) is 2.54. The largest absolute Gasteiger partial charge is 0.393 e. The Balaban J connectivity index is 2.05. The molecule has 4 nitrogen and oxygen atoms in total. The van der Waals surface area contributed by atoms with Gasteiger partial charge >= 0.3 is 0 Å². The molecule has 3 aliphatic heterocycles. The summed E-state index contributed by atoms with van der Waals surface area (Å²) in [7, 11) is 2.19. The average molecular weight is 186 g/mol. The zero-order valence-corrected chi connectivity index (χ0v) is 8.22. The van der Waals surface area contributed by atoms with Crippen LogP contribution in [0.3, 0.4) is 0 Å². The van der Waals surface area contributed by atoms with Crippen molar-refractivity contribution < 1.29 is 19.2 Å². The molecule has 3 heterocycles. The molecule has 0 amide bonds. The van der Waals surface area contributed by atoms with Gasteiger partial charge in [-0.25, -0.2) is 4.48 Å². The Morgan fingerprint density at radius 2 is 2.23 bits per heavy atom. The van der Waals surface area contributed by atoms with E-state index in [0.29, 0.717) is 12.7 Å². The summed E-state index contributed by atoms with van der Waals surface area (Å²) in [6.07, 6.45) is 4.26. The average Bonchev–Trinajstić information content (AvgIpc) is 2.56. The highest BCUT2D eigenvalue weighted by atomic mass is 16.3. The molecule has 0 aromatic heterocycles. The zero-order chi connectivity index (χ0) is 9.69. The van der Waals surface area contributed by atoms with Gasteiger partial charge in [-0.05, 0) is 0 Å². The molecule has 0 saturated carbocycles. The highest BCUT2D eigenvalue weighted by molar-refractivity contribution is 4.81. The molecule has 2 bridgehead atoms. The Morgan fingerprint density at radius 1 is 1.54 bits per heavy atom. The molecule has 2 N–H and O–H groups in total. The van der Waals surface area contributed by atoms with E-state index in [1.165, 1.54) is 0 Å². The van der Waals surface area contributed by atoms with Crippen LogP contribution in [0.25, 0.3) is 0 Å². The minimum atomic E-state index is -0.584. The lowest BCUT2D eigenvalue weighted by Gasteiger charge is -2.51. The van der Waals surface area contributed by atoms with Crippen molar-refractivity contribution in [1.82, 2.24) is 0 Å². The molecule has 0 aliphatic carbocycles. The summed E-state index contributed by atoms with van der Waals surface area (Å²) in [6, 6.07) is 0. The third-order valence-corrected chi connectivity index (χ3v) is 3.63. The fourth-order valence-electron chi connectivity index (χ4n) is 2.58. The van der Waals surface area contributed by atoms with Gasteiger partial charge in [0.1, 0.15) is 12.6 Å². The first kappa shape index (κ1) is 9.15. The molecule has 74 valence electrons. The summed E-state index contributed by atoms with van der Waals surface area (Å²) in [4.78, 5) is 0. The number of rotatable bonds is 3. The van der Waals surface area contributed by atoms with E-state index in [4.69, 9.17) is 5.11 Å². The zero-order valence-electron chi connectivity index (χ0n) is 8.22. The van der Waals surface area contributed by atoms with Crippen molar-refractivity contribution in [3.05, 3.63) is 12.4 Å². The van der Waals surface area contributed by atoms with Crippen molar-refractivity contribution in [2.45, 2.75) is 19.2 Å². The molecule has 0 radical (unpaired) electrons. The highest BCUT2D eigenvalue weighted by Crippen LogP contribution is 2.42. The Hall–Kier alpha value is -0.420. The number of aliphatic hydroxyl groups excluding tert-OH is 2. The first-order valence-corrected chi connectivity index (χ1v) is 4.73. The normalized spacial score (nSPS) is 49.1. The Labute approximate surface area is 78.5 Å². The van der Waals surface area contributed by atoms with E-state index in [2.05, 4.69) is 26.4 Å². The smallest absolute Gasteiger partial charge is 0.231 e. The summed E-state index contributed by atoms with van der Waals surface area (Å²) >= 11 is 0. The molecule has 3 rings (SSSR count). The molecule has 0 aromatic carbocycles. The van der Waals surface area contributed by atoms with Gasteiger partial charge < -0.3 is 10.2 Å². The van der Waals surface area contributed by atoms with Crippen molar-refractivity contribution >= 4 is 0 Å². The van der Waals surface area contributed by atoms with Crippen LogP contribution in [0.5, 0.6) is 0 Å². The van der Waals surface area contributed by atoms with Crippen molar-refractivity contribution in [3.63, 3.8) is 0 Å². The molecule has 0 spiro atoms. The van der Waals surface area contributed by atoms with E-state index in [0.717, 1.165) is 15.6 Å². The second-order valence-electron chi connectivity index (χ2n) is 4.54. The van der Waals surface area contributed by atoms with E-state index >= 15 is 0 Å². The maximum Gasteiger partial charge on any atom is 0.231 e. The monoisotopic (exact) mass is 186 g/mol. The van der Waals surface area contributed by atoms with Gasteiger partial charge in [-0.3, -0.25) is 0 Å². The van der Waals surface area contributed by atoms with Crippen LogP contribution in [-0.4, -0.2) is 58.3 Å². The van der Waals surface area contributed by atoms with E-state index in [1.54, 1.807) is 0 Å². The van der Waals surface area contributed by atoms with Gasteiger partial charge in [-0.2, -0.15) is 4.48 Å². The lowest BCUT2D eigenvalue weighted by atomic mass is 10.2. The van der Waals surface area contributed by atoms with Crippen LogP contribution in [0, 0.1) is 0 Å². The van der Waals surface area contributed by atoms with Crippen LogP contribution >= 0.6 is 0 Å². The highest BCUT2D eigenvalue weighted by Gasteiger charge is 2.64. The topological polar surface area (TPSA) is 40.5 Å². The lowest BCUT2D eigenvalue weighted by Crippen LogP contribution is -2.76. The molecule has 4 heteroatoms. The third-order valence-electron chi connectivity index (χ3n) is 3.63. The fraction of sp³-hybridized carbons (Fsp3) is 0.778. The van der Waals surface area contributed by atoms with E-state index in [1.807, 2.05) is 0 Å². The number of aliphatic hydroxyl groups is 2. The van der Waals surface area contributed by atoms with Gasteiger partial charge in [0, 0.05) is 6.92 Å². The molecule has 13 heavy (non-hydrogen) atoms. The summed E-state index contributed by atoms with van der Waals surface area (Å²) in [5.74, 6) is 0. The van der Waals surface area contributed by atoms with Crippen LogP contribution in [0.15, 0.2) is 12.4 Å².